The average Bonchev–Trinajstić information content (AvgIpc) is 2.69. The van der Waals surface area contributed by atoms with Crippen LogP contribution in [0, 0.1) is 0 Å². The van der Waals surface area contributed by atoms with Crippen LogP contribution in [-0.4, -0.2) is 39.7 Å². The maximum absolute atomic E-state index is 11.9. The van der Waals surface area contributed by atoms with Crippen molar-refractivity contribution in [1.82, 2.24) is 0 Å². The Morgan fingerprint density at radius 2 is 1.50 bits per heavy atom. The number of ketones is 1. The molecule has 0 aromatic heterocycles. The standard InChI is InChI=1S/C20H22O6/c1-23-17-11-14(12-18(24-2)20(17)25-3)9-10-19(22)26-13-16(21)15-7-5-4-6-8-15/h4-8,11-12H,9-10,13H2,1-3H3. The van der Waals surface area contributed by atoms with Crippen LogP contribution in [0.2, 0.25) is 0 Å². The summed E-state index contributed by atoms with van der Waals surface area (Å²) in [6.07, 6.45) is 0.565. The minimum atomic E-state index is -0.442. The number of Topliss-reactive ketones (excluding diaryl/α,β-unsaturated/α-hetero) is 1. The quantitative estimate of drug-likeness (QED) is 0.507. The molecule has 138 valence electrons. The highest BCUT2D eigenvalue weighted by Gasteiger charge is 2.15. The first kappa shape index (κ1) is 19.3. The molecule has 0 N–H and O–H groups in total. The van der Waals surface area contributed by atoms with Crippen LogP contribution in [0.4, 0.5) is 0 Å². The normalized spacial score (nSPS) is 10.1. The zero-order chi connectivity index (χ0) is 18.9. The zero-order valence-electron chi connectivity index (χ0n) is 15.1. The molecule has 0 fully saturated rings. The van der Waals surface area contributed by atoms with Gasteiger partial charge in [-0.25, -0.2) is 0 Å². The van der Waals surface area contributed by atoms with E-state index in [4.69, 9.17) is 18.9 Å². The monoisotopic (exact) mass is 358 g/mol. The second kappa shape index (κ2) is 9.46. The van der Waals surface area contributed by atoms with Crippen LogP contribution in [0.15, 0.2) is 42.5 Å². The number of carbonyl (C=O) groups is 2. The molecule has 0 aliphatic rings. The molecule has 0 spiro atoms. The molecule has 0 atom stereocenters. The Hall–Kier alpha value is -3.02. The number of esters is 1. The molecule has 0 unspecified atom stereocenters. The van der Waals surface area contributed by atoms with Crippen molar-refractivity contribution < 1.29 is 28.5 Å². The largest absolute Gasteiger partial charge is 0.493 e. The van der Waals surface area contributed by atoms with Crippen LogP contribution in [0.1, 0.15) is 22.3 Å². The molecule has 0 aliphatic heterocycles. The number of carbonyl (C=O) groups excluding carboxylic acids is 2. The van der Waals surface area contributed by atoms with Gasteiger partial charge in [-0.2, -0.15) is 0 Å². The van der Waals surface area contributed by atoms with Crippen molar-refractivity contribution in [1.29, 1.82) is 0 Å². The Morgan fingerprint density at radius 1 is 0.885 bits per heavy atom. The summed E-state index contributed by atoms with van der Waals surface area (Å²) in [5.41, 5.74) is 1.36. The van der Waals surface area contributed by atoms with Gasteiger partial charge in [-0.05, 0) is 24.1 Å². The summed E-state index contributed by atoms with van der Waals surface area (Å²) < 4.78 is 20.9. The van der Waals surface area contributed by atoms with E-state index in [0.717, 1.165) is 5.56 Å². The number of ether oxygens (including phenoxy) is 4. The van der Waals surface area contributed by atoms with Crippen molar-refractivity contribution in [2.24, 2.45) is 0 Å². The predicted octanol–water partition coefficient (Wildman–Crippen LogP) is 3.07. The van der Waals surface area contributed by atoms with Gasteiger partial charge in [-0.15, -0.1) is 0 Å². The third-order valence-electron chi connectivity index (χ3n) is 3.80. The molecule has 0 radical (unpaired) electrons. The summed E-state index contributed by atoms with van der Waals surface area (Å²) in [7, 11) is 4.59. The molecule has 26 heavy (non-hydrogen) atoms. The van der Waals surface area contributed by atoms with Gasteiger partial charge in [0.2, 0.25) is 5.75 Å². The summed E-state index contributed by atoms with van der Waals surface area (Å²) in [5.74, 6) is 0.869. The Bertz CT molecular complexity index is 729. The first-order valence-electron chi connectivity index (χ1n) is 8.11. The van der Waals surface area contributed by atoms with E-state index in [9.17, 15) is 9.59 Å². The van der Waals surface area contributed by atoms with E-state index < -0.39 is 5.97 Å². The SMILES string of the molecule is COc1cc(CCC(=O)OCC(=O)c2ccccc2)cc(OC)c1OC. The maximum atomic E-state index is 11.9. The van der Waals surface area contributed by atoms with Crippen LogP contribution in [0.25, 0.3) is 0 Å². The molecule has 0 amide bonds. The third kappa shape index (κ3) is 4.99. The van der Waals surface area contributed by atoms with E-state index >= 15 is 0 Å². The van der Waals surface area contributed by atoms with Crippen LogP contribution < -0.4 is 14.2 Å². The highest BCUT2D eigenvalue weighted by Crippen LogP contribution is 2.38. The molecule has 2 rings (SSSR count). The number of hydrogen-bond acceptors (Lipinski definition) is 6. The Morgan fingerprint density at radius 3 is 2.04 bits per heavy atom. The van der Waals surface area contributed by atoms with E-state index in [1.807, 2.05) is 6.07 Å². The topological polar surface area (TPSA) is 71.1 Å². The van der Waals surface area contributed by atoms with E-state index in [0.29, 0.717) is 29.2 Å². The van der Waals surface area contributed by atoms with E-state index in [1.165, 1.54) is 21.3 Å². The van der Waals surface area contributed by atoms with Gasteiger partial charge in [-0.3, -0.25) is 9.59 Å². The molecule has 6 nitrogen and oxygen atoms in total. The van der Waals surface area contributed by atoms with E-state index in [1.54, 1.807) is 36.4 Å². The summed E-state index contributed by atoms with van der Waals surface area (Å²) in [4.78, 5) is 23.9. The second-order valence-electron chi connectivity index (χ2n) is 5.48. The first-order valence-corrected chi connectivity index (χ1v) is 8.11. The molecule has 0 saturated carbocycles. The average molecular weight is 358 g/mol. The number of hydrogen-bond donors (Lipinski definition) is 0. The Balaban J connectivity index is 1.92. The van der Waals surface area contributed by atoms with Crippen LogP contribution in [0.3, 0.4) is 0 Å². The van der Waals surface area contributed by atoms with Crippen molar-refractivity contribution in [2.75, 3.05) is 27.9 Å². The van der Waals surface area contributed by atoms with Crippen molar-refractivity contribution >= 4 is 11.8 Å². The van der Waals surface area contributed by atoms with Gasteiger partial charge in [0.05, 0.1) is 21.3 Å². The lowest BCUT2D eigenvalue weighted by Gasteiger charge is -2.14. The molecule has 0 aliphatic carbocycles. The summed E-state index contributed by atoms with van der Waals surface area (Å²) in [5, 5.41) is 0. The lowest BCUT2D eigenvalue weighted by atomic mass is 10.1. The molecular formula is C20H22O6. The molecule has 0 heterocycles. The van der Waals surface area contributed by atoms with Gasteiger partial charge >= 0.3 is 5.97 Å². The molecular weight excluding hydrogens is 336 g/mol. The van der Waals surface area contributed by atoms with Gasteiger partial charge in [0, 0.05) is 12.0 Å². The molecule has 6 heteroatoms. The molecule has 2 aromatic carbocycles. The fourth-order valence-corrected chi connectivity index (χ4v) is 2.45. The van der Waals surface area contributed by atoms with Crippen molar-refractivity contribution in [3.63, 3.8) is 0 Å². The number of methoxy groups -OCH3 is 3. The fourth-order valence-electron chi connectivity index (χ4n) is 2.45. The highest BCUT2D eigenvalue weighted by atomic mass is 16.5. The Kier molecular flexibility index (Phi) is 7.02. The van der Waals surface area contributed by atoms with Crippen LogP contribution in [0.5, 0.6) is 17.2 Å². The van der Waals surface area contributed by atoms with Gasteiger partial charge < -0.3 is 18.9 Å². The van der Waals surface area contributed by atoms with Crippen molar-refractivity contribution in [3.8, 4) is 17.2 Å². The summed E-state index contributed by atoms with van der Waals surface area (Å²) >= 11 is 0. The fraction of sp³-hybridized carbons (Fsp3) is 0.300. The minimum absolute atomic E-state index is 0.140. The zero-order valence-corrected chi connectivity index (χ0v) is 15.1. The smallest absolute Gasteiger partial charge is 0.306 e. The van der Waals surface area contributed by atoms with Crippen molar-refractivity contribution in [3.05, 3.63) is 53.6 Å². The highest BCUT2D eigenvalue weighted by molar-refractivity contribution is 5.97. The van der Waals surface area contributed by atoms with Gasteiger partial charge in [-0.1, -0.05) is 30.3 Å². The number of aryl methyl sites for hydroxylation is 1. The third-order valence-corrected chi connectivity index (χ3v) is 3.80. The van der Waals surface area contributed by atoms with E-state index in [-0.39, 0.29) is 18.8 Å². The number of benzene rings is 2. The summed E-state index contributed by atoms with van der Waals surface area (Å²) in [6.45, 7) is -0.266. The lowest BCUT2D eigenvalue weighted by Crippen LogP contribution is -2.14. The molecule has 0 saturated heterocycles. The number of rotatable bonds is 9. The van der Waals surface area contributed by atoms with Gasteiger partial charge in [0.25, 0.3) is 0 Å². The second-order valence-corrected chi connectivity index (χ2v) is 5.48. The first-order chi connectivity index (χ1) is 12.6. The van der Waals surface area contributed by atoms with Crippen LogP contribution in [-0.2, 0) is 16.0 Å². The van der Waals surface area contributed by atoms with Gasteiger partial charge in [0.15, 0.2) is 23.9 Å². The predicted molar refractivity (Wildman–Crippen MR) is 96.2 cm³/mol. The van der Waals surface area contributed by atoms with E-state index in [2.05, 4.69) is 0 Å². The van der Waals surface area contributed by atoms with Gasteiger partial charge in [0.1, 0.15) is 0 Å². The van der Waals surface area contributed by atoms with Crippen molar-refractivity contribution in [2.45, 2.75) is 12.8 Å². The lowest BCUT2D eigenvalue weighted by molar-refractivity contribution is -0.142. The maximum Gasteiger partial charge on any atom is 0.306 e. The molecule has 2 aromatic rings. The Labute approximate surface area is 152 Å². The van der Waals surface area contributed by atoms with Crippen LogP contribution >= 0.6 is 0 Å². The molecule has 0 bridgehead atoms. The minimum Gasteiger partial charge on any atom is -0.493 e. The summed E-state index contributed by atoms with van der Waals surface area (Å²) in [6, 6.07) is 12.3.